The van der Waals surface area contributed by atoms with E-state index in [4.69, 9.17) is 0 Å². The lowest BCUT2D eigenvalue weighted by atomic mass is 10.1. The highest BCUT2D eigenvalue weighted by atomic mass is 79.9. The average molecular weight is 391 g/mol. The van der Waals surface area contributed by atoms with Crippen molar-refractivity contribution in [3.8, 4) is 0 Å². The first-order valence-electron chi connectivity index (χ1n) is 7.92. The lowest BCUT2D eigenvalue weighted by Crippen LogP contribution is -2.28. The summed E-state index contributed by atoms with van der Waals surface area (Å²) in [4.78, 5) is 26.0. The van der Waals surface area contributed by atoms with E-state index in [2.05, 4.69) is 26.3 Å². The Morgan fingerprint density at radius 1 is 1.38 bits per heavy atom. The molecule has 24 heavy (non-hydrogen) atoms. The first kappa shape index (κ1) is 16.7. The molecule has 0 radical (unpaired) electrons. The summed E-state index contributed by atoms with van der Waals surface area (Å²) in [5.41, 5.74) is 1.07. The monoisotopic (exact) mass is 390 g/mol. The van der Waals surface area contributed by atoms with Crippen LogP contribution in [0, 0.1) is 5.92 Å². The van der Waals surface area contributed by atoms with Gasteiger partial charge in [0.25, 0.3) is 0 Å². The molecule has 6 nitrogen and oxygen atoms in total. The average Bonchev–Trinajstić information content (AvgIpc) is 3.16. The minimum Gasteiger partial charge on any atom is -0.342 e. The normalized spacial score (nSPS) is 17.3. The highest BCUT2D eigenvalue weighted by Gasteiger charge is 2.33. The van der Waals surface area contributed by atoms with Gasteiger partial charge in [-0.2, -0.15) is 5.10 Å². The van der Waals surface area contributed by atoms with E-state index in [1.807, 2.05) is 31.2 Å². The largest absolute Gasteiger partial charge is 0.342 e. The fourth-order valence-electron chi connectivity index (χ4n) is 2.83. The Bertz CT molecular complexity index is 759. The highest BCUT2D eigenvalue weighted by molar-refractivity contribution is 9.10. The van der Waals surface area contributed by atoms with Gasteiger partial charge in [0.05, 0.1) is 18.7 Å². The topological polar surface area (TPSA) is 67.2 Å². The van der Waals surface area contributed by atoms with Gasteiger partial charge in [-0.05, 0) is 18.6 Å². The third-order valence-corrected chi connectivity index (χ3v) is 4.99. The van der Waals surface area contributed by atoms with Crippen molar-refractivity contribution in [3.05, 3.63) is 46.6 Å². The summed E-state index contributed by atoms with van der Waals surface area (Å²) in [5.74, 6) is 0.245. The van der Waals surface area contributed by atoms with Gasteiger partial charge >= 0.3 is 0 Å². The molecule has 0 bridgehead atoms. The van der Waals surface area contributed by atoms with Crippen LogP contribution >= 0.6 is 15.9 Å². The number of anilines is 1. The van der Waals surface area contributed by atoms with Gasteiger partial charge in [0.1, 0.15) is 5.82 Å². The van der Waals surface area contributed by atoms with Gasteiger partial charge in [0.2, 0.25) is 11.8 Å². The predicted octanol–water partition coefficient (Wildman–Crippen LogP) is 2.50. The third kappa shape index (κ3) is 3.51. The number of hydrogen-bond acceptors (Lipinski definition) is 3. The second kappa shape index (κ2) is 7.17. The van der Waals surface area contributed by atoms with Crippen molar-refractivity contribution in [1.29, 1.82) is 0 Å². The molecule has 1 unspecified atom stereocenters. The van der Waals surface area contributed by atoms with Gasteiger partial charge < -0.3 is 10.2 Å². The van der Waals surface area contributed by atoms with Gasteiger partial charge in [-0.1, -0.05) is 34.1 Å². The highest BCUT2D eigenvalue weighted by Crippen LogP contribution is 2.21. The van der Waals surface area contributed by atoms with E-state index >= 15 is 0 Å². The molecular weight excluding hydrogens is 372 g/mol. The Labute approximate surface area is 149 Å². The van der Waals surface area contributed by atoms with Crippen molar-refractivity contribution < 1.29 is 9.59 Å². The van der Waals surface area contributed by atoms with Crippen molar-refractivity contribution in [3.63, 3.8) is 0 Å². The van der Waals surface area contributed by atoms with Gasteiger partial charge in [0.15, 0.2) is 0 Å². The molecule has 2 aromatic rings. The maximum Gasteiger partial charge on any atom is 0.230 e. The summed E-state index contributed by atoms with van der Waals surface area (Å²) in [7, 11) is 0. The molecular formula is C17H19BrN4O2. The summed E-state index contributed by atoms with van der Waals surface area (Å²) in [6.07, 6.45) is 1.93. The molecule has 1 fully saturated rings. The van der Waals surface area contributed by atoms with Gasteiger partial charge in [-0.3, -0.25) is 9.59 Å². The Morgan fingerprint density at radius 3 is 2.88 bits per heavy atom. The number of benzene rings is 1. The van der Waals surface area contributed by atoms with Gasteiger partial charge in [0, 0.05) is 30.0 Å². The zero-order valence-corrected chi connectivity index (χ0v) is 15.0. The number of nitrogens with zero attached hydrogens (tertiary/aromatic N) is 3. The summed E-state index contributed by atoms with van der Waals surface area (Å²) in [6, 6.07) is 9.66. The summed E-state index contributed by atoms with van der Waals surface area (Å²) in [6.45, 7) is 3.60. The van der Waals surface area contributed by atoms with E-state index in [-0.39, 0.29) is 24.2 Å². The Kier molecular flexibility index (Phi) is 4.99. The van der Waals surface area contributed by atoms with Crippen molar-refractivity contribution in [1.82, 2.24) is 14.7 Å². The van der Waals surface area contributed by atoms with E-state index in [1.54, 1.807) is 21.8 Å². The Hall–Kier alpha value is -2.15. The number of amides is 2. The summed E-state index contributed by atoms with van der Waals surface area (Å²) >= 11 is 3.52. The minimum absolute atomic E-state index is 0.0411. The van der Waals surface area contributed by atoms with Crippen LogP contribution in [0.1, 0.15) is 18.9 Å². The third-order valence-electron chi connectivity index (χ3n) is 4.21. The van der Waals surface area contributed by atoms with Crippen LogP contribution in [0.25, 0.3) is 0 Å². The SMILES string of the molecule is CCN1CC(C(=O)Nc2ccnn2Cc2ccccc2Br)CC1=O. The summed E-state index contributed by atoms with van der Waals surface area (Å²) in [5, 5.41) is 7.19. The number of rotatable bonds is 5. The molecule has 2 heterocycles. The van der Waals surface area contributed by atoms with Gasteiger partial charge in [-0.25, -0.2) is 4.68 Å². The zero-order valence-electron chi connectivity index (χ0n) is 13.4. The number of aromatic nitrogens is 2. The van der Waals surface area contributed by atoms with Crippen LogP contribution in [-0.2, 0) is 16.1 Å². The molecule has 3 rings (SSSR count). The maximum atomic E-state index is 12.5. The molecule has 7 heteroatoms. The zero-order chi connectivity index (χ0) is 17.1. The smallest absolute Gasteiger partial charge is 0.230 e. The van der Waals surface area contributed by atoms with Crippen molar-refractivity contribution in [2.45, 2.75) is 19.9 Å². The standard InChI is InChI=1S/C17H19BrN4O2/c1-2-21-10-13(9-16(21)23)17(24)20-15-7-8-19-22(15)11-12-5-3-4-6-14(12)18/h3-8,13H,2,9-11H2,1H3,(H,20,24). The molecule has 0 aliphatic carbocycles. The van der Waals surface area contributed by atoms with Crippen LogP contribution in [0.4, 0.5) is 5.82 Å². The van der Waals surface area contributed by atoms with Crippen LogP contribution in [0.2, 0.25) is 0 Å². The second-order valence-electron chi connectivity index (χ2n) is 5.79. The number of halogens is 1. The molecule has 1 aliphatic heterocycles. The molecule has 1 aromatic carbocycles. The predicted molar refractivity (Wildman–Crippen MR) is 94.5 cm³/mol. The lowest BCUT2D eigenvalue weighted by molar-refractivity contribution is -0.128. The number of hydrogen-bond donors (Lipinski definition) is 1. The first-order chi connectivity index (χ1) is 11.6. The van der Waals surface area contributed by atoms with Gasteiger partial charge in [-0.15, -0.1) is 0 Å². The number of carbonyl (C=O) groups excluding carboxylic acids is 2. The molecule has 0 spiro atoms. The van der Waals surface area contributed by atoms with E-state index in [0.29, 0.717) is 25.5 Å². The fraction of sp³-hybridized carbons (Fsp3) is 0.353. The van der Waals surface area contributed by atoms with E-state index in [1.165, 1.54) is 0 Å². The first-order valence-corrected chi connectivity index (χ1v) is 8.71. The maximum absolute atomic E-state index is 12.5. The Morgan fingerprint density at radius 2 is 2.17 bits per heavy atom. The fourth-order valence-corrected chi connectivity index (χ4v) is 3.24. The molecule has 0 saturated carbocycles. The number of likely N-dealkylation sites (tertiary alicyclic amines) is 1. The lowest BCUT2D eigenvalue weighted by Gasteiger charge is -2.14. The van der Waals surface area contributed by atoms with Crippen LogP contribution in [0.15, 0.2) is 41.0 Å². The molecule has 1 aromatic heterocycles. The molecule has 2 amide bonds. The van der Waals surface area contributed by atoms with Crippen LogP contribution in [0.3, 0.4) is 0 Å². The molecule has 1 aliphatic rings. The second-order valence-corrected chi connectivity index (χ2v) is 6.64. The Balaban J connectivity index is 1.69. The van der Waals surface area contributed by atoms with Crippen LogP contribution in [-0.4, -0.2) is 39.6 Å². The van der Waals surface area contributed by atoms with E-state index in [9.17, 15) is 9.59 Å². The molecule has 126 valence electrons. The van der Waals surface area contributed by atoms with E-state index in [0.717, 1.165) is 10.0 Å². The summed E-state index contributed by atoms with van der Waals surface area (Å²) < 4.78 is 2.74. The van der Waals surface area contributed by atoms with Crippen LogP contribution in [0.5, 0.6) is 0 Å². The van der Waals surface area contributed by atoms with Crippen molar-refractivity contribution >= 4 is 33.6 Å². The number of carbonyl (C=O) groups is 2. The molecule has 1 saturated heterocycles. The van der Waals surface area contributed by atoms with Crippen molar-refractivity contribution in [2.24, 2.45) is 5.92 Å². The van der Waals surface area contributed by atoms with Crippen molar-refractivity contribution in [2.75, 3.05) is 18.4 Å². The van der Waals surface area contributed by atoms with E-state index < -0.39 is 0 Å². The number of nitrogens with one attached hydrogen (secondary N) is 1. The molecule has 1 N–H and O–H groups in total. The minimum atomic E-state index is -0.302. The van der Waals surface area contributed by atoms with Crippen LogP contribution < -0.4 is 5.32 Å². The quantitative estimate of drug-likeness (QED) is 0.852. The molecule has 1 atom stereocenters.